The lowest BCUT2D eigenvalue weighted by molar-refractivity contribution is -0.114. The highest BCUT2D eigenvalue weighted by molar-refractivity contribution is 5.96. The van der Waals surface area contributed by atoms with Crippen molar-refractivity contribution in [3.8, 4) is 6.07 Å². The molecule has 5 heteroatoms. The van der Waals surface area contributed by atoms with Gasteiger partial charge in [-0.15, -0.1) is 0 Å². The van der Waals surface area contributed by atoms with Gasteiger partial charge in [-0.3, -0.25) is 4.79 Å². The van der Waals surface area contributed by atoms with Gasteiger partial charge in [-0.05, 0) is 25.0 Å². The Kier molecular flexibility index (Phi) is 5.97. The van der Waals surface area contributed by atoms with Gasteiger partial charge in [-0.2, -0.15) is 5.26 Å². The number of hydrogen-bond donors (Lipinski definition) is 1. The largest absolute Gasteiger partial charge is 0.364 e. The Bertz CT molecular complexity index is 883. The number of nitrogens with zero attached hydrogens (tertiary/aromatic N) is 3. The summed E-state index contributed by atoms with van der Waals surface area (Å²) in [6.07, 6.45) is 2.99. The fourth-order valence-electron chi connectivity index (χ4n) is 1.97. The van der Waals surface area contributed by atoms with E-state index in [4.69, 9.17) is 5.73 Å². The number of rotatable bonds is 5. The quantitative estimate of drug-likeness (QED) is 0.518. The molecule has 0 unspecified atom stereocenters. The van der Waals surface area contributed by atoms with Crippen LogP contribution in [0.4, 0.5) is 0 Å². The molecule has 2 rings (SSSR count). The summed E-state index contributed by atoms with van der Waals surface area (Å²) in [5.74, 6) is -0.805. The Morgan fingerprint density at radius 2 is 1.36 bits per heavy atom. The van der Waals surface area contributed by atoms with E-state index in [-0.39, 0.29) is 11.4 Å². The summed E-state index contributed by atoms with van der Waals surface area (Å²) in [4.78, 5) is 19.8. The van der Waals surface area contributed by atoms with Gasteiger partial charge in [0.1, 0.15) is 6.07 Å². The molecule has 1 amide bonds. The molecule has 0 saturated heterocycles. The van der Waals surface area contributed by atoms with Crippen molar-refractivity contribution in [2.75, 3.05) is 0 Å². The number of primary amides is 1. The van der Waals surface area contributed by atoms with E-state index in [0.717, 1.165) is 22.3 Å². The third-order valence-electron chi connectivity index (χ3n) is 3.40. The van der Waals surface area contributed by atoms with Crippen LogP contribution in [0, 0.1) is 25.2 Å². The third-order valence-corrected chi connectivity index (χ3v) is 3.40. The van der Waals surface area contributed by atoms with Crippen molar-refractivity contribution in [1.82, 2.24) is 0 Å². The molecule has 5 nitrogen and oxygen atoms in total. The standard InChI is InChI=1S/C20H18N4O/c1-14-3-7-16(8-4-14)12-23-18(11-21)19(20(22)25)24-13-17-9-5-15(2)6-10-17/h3-10,12-13H,1-2H3,(H2,22,25)/b19-18-,23-12?,24-13?. The van der Waals surface area contributed by atoms with Gasteiger partial charge in [0.05, 0.1) is 0 Å². The van der Waals surface area contributed by atoms with E-state index < -0.39 is 5.91 Å². The summed E-state index contributed by atoms with van der Waals surface area (Å²) in [5, 5.41) is 9.30. The second-order valence-corrected chi connectivity index (χ2v) is 5.51. The molecule has 2 aromatic rings. The van der Waals surface area contributed by atoms with E-state index in [1.807, 2.05) is 68.4 Å². The average Bonchev–Trinajstić information content (AvgIpc) is 2.60. The molecule has 124 valence electrons. The first-order chi connectivity index (χ1) is 12.0. The number of nitriles is 1. The molecule has 0 aromatic heterocycles. The highest BCUT2D eigenvalue weighted by atomic mass is 16.1. The molecule has 0 heterocycles. The van der Waals surface area contributed by atoms with Gasteiger partial charge in [0, 0.05) is 12.4 Å². The monoisotopic (exact) mass is 330 g/mol. The van der Waals surface area contributed by atoms with E-state index in [0.29, 0.717) is 0 Å². The van der Waals surface area contributed by atoms with Crippen molar-refractivity contribution in [3.05, 3.63) is 82.2 Å². The van der Waals surface area contributed by atoms with Gasteiger partial charge in [0.15, 0.2) is 11.4 Å². The molecule has 0 saturated carbocycles. The molecule has 0 aliphatic rings. The number of allylic oxidation sites excluding steroid dienone is 1. The summed E-state index contributed by atoms with van der Waals surface area (Å²) in [7, 11) is 0. The van der Waals surface area contributed by atoms with Gasteiger partial charge in [0.2, 0.25) is 0 Å². The summed E-state index contributed by atoms with van der Waals surface area (Å²) in [5.41, 5.74) is 8.89. The minimum Gasteiger partial charge on any atom is -0.364 e. The van der Waals surface area contributed by atoms with Crippen molar-refractivity contribution in [1.29, 1.82) is 5.26 Å². The van der Waals surface area contributed by atoms with E-state index in [2.05, 4.69) is 9.98 Å². The second kappa shape index (κ2) is 8.37. The lowest BCUT2D eigenvalue weighted by atomic mass is 10.2. The van der Waals surface area contributed by atoms with Crippen LogP contribution in [-0.2, 0) is 4.79 Å². The molecular weight excluding hydrogens is 312 g/mol. The lowest BCUT2D eigenvalue weighted by Crippen LogP contribution is -2.14. The molecule has 0 aliphatic carbocycles. The first-order valence-electron chi connectivity index (χ1n) is 7.65. The zero-order valence-electron chi connectivity index (χ0n) is 14.1. The highest BCUT2D eigenvalue weighted by Gasteiger charge is 2.10. The first-order valence-corrected chi connectivity index (χ1v) is 7.65. The highest BCUT2D eigenvalue weighted by Crippen LogP contribution is 2.09. The second-order valence-electron chi connectivity index (χ2n) is 5.51. The SMILES string of the molecule is Cc1ccc(C=N/C(C#N)=C(\N=Cc2ccc(C)cc2)C(N)=O)cc1. The first kappa shape index (κ1) is 17.8. The van der Waals surface area contributed by atoms with Crippen LogP contribution in [0.15, 0.2) is 69.9 Å². The Labute approximate surface area is 146 Å². The van der Waals surface area contributed by atoms with Crippen LogP contribution in [0.2, 0.25) is 0 Å². The summed E-state index contributed by atoms with van der Waals surface area (Å²) >= 11 is 0. The van der Waals surface area contributed by atoms with Crippen molar-refractivity contribution < 1.29 is 4.79 Å². The fraction of sp³-hybridized carbons (Fsp3) is 0.100. The van der Waals surface area contributed by atoms with Crippen LogP contribution in [0.3, 0.4) is 0 Å². The number of amides is 1. The van der Waals surface area contributed by atoms with Crippen LogP contribution in [-0.4, -0.2) is 18.3 Å². The van der Waals surface area contributed by atoms with Crippen LogP contribution in [0.1, 0.15) is 22.3 Å². The van der Waals surface area contributed by atoms with E-state index in [9.17, 15) is 10.1 Å². The Morgan fingerprint density at radius 3 is 1.76 bits per heavy atom. The zero-order valence-corrected chi connectivity index (χ0v) is 14.1. The zero-order chi connectivity index (χ0) is 18.2. The molecule has 2 aromatic carbocycles. The normalized spacial score (nSPS) is 12.2. The minimum absolute atomic E-state index is 0.128. The van der Waals surface area contributed by atoms with Crippen LogP contribution >= 0.6 is 0 Å². The molecule has 0 spiro atoms. The van der Waals surface area contributed by atoms with Gasteiger partial charge in [-0.1, -0.05) is 59.7 Å². The predicted octanol–water partition coefficient (Wildman–Crippen LogP) is 3.06. The topological polar surface area (TPSA) is 91.6 Å². The van der Waals surface area contributed by atoms with Crippen LogP contribution < -0.4 is 5.73 Å². The molecule has 25 heavy (non-hydrogen) atoms. The number of hydrogen-bond acceptors (Lipinski definition) is 4. The third kappa shape index (κ3) is 5.26. The van der Waals surface area contributed by atoms with Gasteiger partial charge in [-0.25, -0.2) is 9.98 Å². The Hall–Kier alpha value is -3.52. The van der Waals surface area contributed by atoms with E-state index in [1.54, 1.807) is 0 Å². The van der Waals surface area contributed by atoms with Crippen molar-refractivity contribution in [3.63, 3.8) is 0 Å². The van der Waals surface area contributed by atoms with Crippen LogP contribution in [0.25, 0.3) is 0 Å². The van der Waals surface area contributed by atoms with Gasteiger partial charge >= 0.3 is 0 Å². The molecule has 0 aliphatic heterocycles. The maximum atomic E-state index is 11.7. The van der Waals surface area contributed by atoms with Crippen molar-refractivity contribution in [2.24, 2.45) is 15.7 Å². The number of carbonyl (C=O) groups excluding carboxylic acids is 1. The number of carbonyl (C=O) groups is 1. The number of aliphatic imine (C=N–C) groups is 2. The van der Waals surface area contributed by atoms with Crippen molar-refractivity contribution in [2.45, 2.75) is 13.8 Å². The summed E-state index contributed by atoms with van der Waals surface area (Å²) in [6, 6.07) is 17.1. The lowest BCUT2D eigenvalue weighted by Gasteiger charge is -1.99. The fourth-order valence-corrected chi connectivity index (χ4v) is 1.97. The molecule has 2 N–H and O–H groups in total. The van der Waals surface area contributed by atoms with Gasteiger partial charge < -0.3 is 5.73 Å². The van der Waals surface area contributed by atoms with E-state index >= 15 is 0 Å². The van der Waals surface area contributed by atoms with Crippen LogP contribution in [0.5, 0.6) is 0 Å². The summed E-state index contributed by atoms with van der Waals surface area (Å²) < 4.78 is 0. The summed E-state index contributed by atoms with van der Waals surface area (Å²) in [6.45, 7) is 3.95. The molecule has 0 atom stereocenters. The number of nitrogens with two attached hydrogens (primary N) is 1. The molecular formula is C20H18N4O. The smallest absolute Gasteiger partial charge is 0.270 e. The Morgan fingerprint density at radius 1 is 0.920 bits per heavy atom. The maximum Gasteiger partial charge on any atom is 0.270 e. The van der Waals surface area contributed by atoms with E-state index in [1.165, 1.54) is 12.4 Å². The average molecular weight is 330 g/mol. The number of benzene rings is 2. The number of aryl methyl sites for hydroxylation is 2. The maximum absolute atomic E-state index is 11.7. The Balaban J connectivity index is 2.32. The van der Waals surface area contributed by atoms with Crippen molar-refractivity contribution >= 4 is 18.3 Å². The molecule has 0 fully saturated rings. The molecule has 0 radical (unpaired) electrons. The minimum atomic E-state index is -0.805. The molecule has 0 bridgehead atoms. The predicted molar refractivity (Wildman–Crippen MR) is 99.4 cm³/mol. The van der Waals surface area contributed by atoms with Gasteiger partial charge in [0.25, 0.3) is 5.91 Å².